The molecule has 0 aliphatic heterocycles. The molecule has 0 radical (unpaired) electrons. The third-order valence-corrected chi connectivity index (χ3v) is 5.60. The topological polar surface area (TPSA) is 44.1 Å². The van der Waals surface area contributed by atoms with Crippen molar-refractivity contribution in [1.82, 2.24) is 9.55 Å². The lowest BCUT2D eigenvalue weighted by molar-refractivity contribution is -0.149. The van der Waals surface area contributed by atoms with E-state index in [1.807, 2.05) is 37.3 Å². The highest BCUT2D eigenvalue weighted by atomic mass is 35.5. The summed E-state index contributed by atoms with van der Waals surface area (Å²) in [5, 5.41) is 0.673. The highest BCUT2D eigenvalue weighted by Crippen LogP contribution is 2.37. The van der Waals surface area contributed by atoms with Crippen molar-refractivity contribution >= 4 is 28.6 Å². The Morgan fingerprint density at radius 1 is 1.21 bits per heavy atom. The first-order valence-corrected chi connectivity index (χ1v) is 10.2. The molecule has 1 aromatic heterocycles. The second-order valence-corrected chi connectivity index (χ2v) is 7.66. The van der Waals surface area contributed by atoms with Gasteiger partial charge in [-0.3, -0.25) is 4.79 Å². The molecule has 0 saturated heterocycles. The van der Waals surface area contributed by atoms with Crippen LogP contribution in [0.4, 0.5) is 4.39 Å². The molecule has 0 unspecified atom stereocenters. The van der Waals surface area contributed by atoms with Gasteiger partial charge in [-0.15, -0.1) is 0 Å². The van der Waals surface area contributed by atoms with Gasteiger partial charge < -0.3 is 9.30 Å². The maximum atomic E-state index is 13.8. The number of halogens is 2. The largest absolute Gasteiger partial charge is 0.466 e. The van der Waals surface area contributed by atoms with Gasteiger partial charge in [0.15, 0.2) is 0 Å². The van der Waals surface area contributed by atoms with Gasteiger partial charge in [0.05, 0.1) is 23.6 Å². The van der Waals surface area contributed by atoms with Gasteiger partial charge in [-0.05, 0) is 49.6 Å². The van der Waals surface area contributed by atoms with Crippen molar-refractivity contribution in [2.75, 3.05) is 6.61 Å². The fourth-order valence-corrected chi connectivity index (χ4v) is 4.08. The Hall–Kier alpha value is -2.66. The van der Waals surface area contributed by atoms with Crippen LogP contribution >= 0.6 is 11.6 Å². The van der Waals surface area contributed by atoms with Crippen LogP contribution in [-0.2, 0) is 16.1 Å². The first-order chi connectivity index (χ1) is 14.1. The molecular formula is C23H22ClFN2O2. The number of imidazole rings is 1. The van der Waals surface area contributed by atoms with Crippen molar-refractivity contribution in [3.05, 3.63) is 76.8 Å². The Morgan fingerprint density at radius 2 is 1.97 bits per heavy atom. The van der Waals surface area contributed by atoms with Crippen LogP contribution in [0, 0.1) is 11.7 Å². The van der Waals surface area contributed by atoms with Crippen LogP contribution in [0.1, 0.15) is 37.1 Å². The van der Waals surface area contributed by atoms with E-state index in [1.54, 1.807) is 6.07 Å². The number of carbonyl (C=O) groups excluding carboxylic acids is 1. The molecule has 150 valence electrons. The van der Waals surface area contributed by atoms with Crippen LogP contribution in [-0.4, -0.2) is 22.1 Å². The second kappa shape index (κ2) is 8.37. The van der Waals surface area contributed by atoms with E-state index < -0.39 is 0 Å². The number of hydrogen-bond donors (Lipinski definition) is 0. The third-order valence-electron chi connectivity index (χ3n) is 5.35. The van der Waals surface area contributed by atoms with Crippen molar-refractivity contribution in [1.29, 1.82) is 0 Å². The van der Waals surface area contributed by atoms with Crippen LogP contribution in [0.2, 0.25) is 5.02 Å². The van der Waals surface area contributed by atoms with E-state index in [1.165, 1.54) is 12.1 Å². The van der Waals surface area contributed by atoms with Crippen LogP contribution in [0.25, 0.3) is 11.0 Å². The molecule has 3 aromatic rings. The number of esters is 1. The predicted octanol–water partition coefficient (Wildman–Crippen LogP) is 5.49. The lowest BCUT2D eigenvalue weighted by atomic mass is 9.82. The highest BCUT2D eigenvalue weighted by Gasteiger charge is 2.34. The third kappa shape index (κ3) is 4.06. The van der Waals surface area contributed by atoms with E-state index >= 15 is 0 Å². The minimum atomic E-state index is -0.328. The first-order valence-electron chi connectivity index (χ1n) is 9.78. The van der Waals surface area contributed by atoms with Crippen molar-refractivity contribution in [3.63, 3.8) is 0 Å². The molecule has 0 amide bonds. The van der Waals surface area contributed by atoms with E-state index in [2.05, 4.69) is 10.6 Å². The number of hydrogen-bond acceptors (Lipinski definition) is 3. The molecule has 0 saturated carbocycles. The summed E-state index contributed by atoms with van der Waals surface area (Å²) in [4.78, 5) is 17.3. The van der Waals surface area contributed by atoms with Crippen LogP contribution in [0.15, 0.2) is 54.6 Å². The van der Waals surface area contributed by atoms with E-state index in [9.17, 15) is 9.18 Å². The number of ether oxygens (including phenoxy) is 1. The van der Waals surface area contributed by atoms with Gasteiger partial charge in [-0.1, -0.05) is 35.9 Å². The average molecular weight is 413 g/mol. The number of nitrogens with zero attached hydrogens (tertiary/aromatic N) is 2. The standard InChI is InChI=1S/C23H22ClFN2O2/c1-2-29-23(28)19-6-4-3-5-18(19)22-26-20-13-17(25)11-12-21(20)27(22)14-15-7-9-16(24)10-8-15/h3-4,7-13,18-19H,2,5-6,14H2,1H3/t18-,19+/m1/s1. The minimum absolute atomic E-state index is 0.123. The van der Waals surface area contributed by atoms with Crippen molar-refractivity contribution < 1.29 is 13.9 Å². The van der Waals surface area contributed by atoms with Gasteiger partial charge in [-0.25, -0.2) is 9.37 Å². The number of rotatable bonds is 5. The summed E-state index contributed by atoms with van der Waals surface area (Å²) in [5.74, 6) is -0.181. The Bertz CT molecular complexity index is 1060. The molecular weight excluding hydrogens is 391 g/mol. The molecule has 29 heavy (non-hydrogen) atoms. The quantitative estimate of drug-likeness (QED) is 0.411. The molecule has 0 spiro atoms. The maximum absolute atomic E-state index is 13.8. The fourth-order valence-electron chi connectivity index (χ4n) is 3.95. The normalized spacial score (nSPS) is 18.9. The number of aromatic nitrogens is 2. The Balaban J connectivity index is 1.80. The SMILES string of the molecule is CCOC(=O)[C@H]1CC=CC[C@H]1c1nc2cc(F)ccc2n1Cc1ccc(Cl)cc1. The number of fused-ring (bicyclic) bond motifs is 1. The molecule has 0 bridgehead atoms. The molecule has 1 aliphatic rings. The van der Waals surface area contributed by atoms with Crippen LogP contribution in [0.5, 0.6) is 0 Å². The molecule has 4 rings (SSSR count). The van der Waals surface area contributed by atoms with E-state index in [0.29, 0.717) is 36.5 Å². The van der Waals surface area contributed by atoms with Crippen molar-refractivity contribution in [3.8, 4) is 0 Å². The van der Waals surface area contributed by atoms with Crippen molar-refractivity contribution in [2.45, 2.75) is 32.2 Å². The summed E-state index contributed by atoms with van der Waals surface area (Å²) in [6.07, 6.45) is 5.40. The Morgan fingerprint density at radius 3 is 2.72 bits per heavy atom. The number of allylic oxidation sites excluding steroid dienone is 2. The van der Waals surface area contributed by atoms with Gasteiger partial charge in [0.1, 0.15) is 11.6 Å². The molecule has 2 atom stereocenters. The van der Waals surface area contributed by atoms with Gasteiger partial charge in [0.2, 0.25) is 0 Å². The molecule has 1 heterocycles. The zero-order valence-electron chi connectivity index (χ0n) is 16.1. The highest BCUT2D eigenvalue weighted by molar-refractivity contribution is 6.30. The average Bonchev–Trinajstić information content (AvgIpc) is 3.07. The molecule has 0 N–H and O–H groups in total. The van der Waals surface area contributed by atoms with Crippen molar-refractivity contribution in [2.24, 2.45) is 5.92 Å². The Labute approximate surface area is 174 Å². The van der Waals surface area contributed by atoms with Crippen LogP contribution in [0.3, 0.4) is 0 Å². The van der Waals surface area contributed by atoms with E-state index in [4.69, 9.17) is 21.3 Å². The number of benzene rings is 2. The van der Waals surface area contributed by atoms with Crippen LogP contribution < -0.4 is 0 Å². The summed E-state index contributed by atoms with van der Waals surface area (Å²) in [5.41, 5.74) is 2.48. The number of carbonyl (C=O) groups is 1. The summed E-state index contributed by atoms with van der Waals surface area (Å²) < 4.78 is 21.2. The lowest BCUT2D eigenvalue weighted by Crippen LogP contribution is -2.28. The van der Waals surface area contributed by atoms with Gasteiger partial charge >= 0.3 is 5.97 Å². The molecule has 0 fully saturated rings. The lowest BCUT2D eigenvalue weighted by Gasteiger charge is -2.27. The first kappa shape index (κ1) is 19.6. The summed E-state index contributed by atoms with van der Waals surface area (Å²) in [6, 6.07) is 12.2. The molecule has 1 aliphatic carbocycles. The Kier molecular flexibility index (Phi) is 5.67. The smallest absolute Gasteiger partial charge is 0.309 e. The summed E-state index contributed by atoms with van der Waals surface area (Å²) >= 11 is 6.02. The molecule has 2 aromatic carbocycles. The minimum Gasteiger partial charge on any atom is -0.466 e. The van der Waals surface area contributed by atoms with E-state index in [0.717, 1.165) is 16.9 Å². The summed E-state index contributed by atoms with van der Waals surface area (Å²) in [6.45, 7) is 2.71. The molecule has 6 heteroatoms. The zero-order chi connectivity index (χ0) is 20.4. The molecule has 4 nitrogen and oxygen atoms in total. The maximum Gasteiger partial charge on any atom is 0.309 e. The monoisotopic (exact) mass is 412 g/mol. The van der Waals surface area contributed by atoms with E-state index in [-0.39, 0.29) is 23.6 Å². The second-order valence-electron chi connectivity index (χ2n) is 7.22. The summed E-state index contributed by atoms with van der Waals surface area (Å²) in [7, 11) is 0. The van der Waals surface area contributed by atoms with Gasteiger partial charge in [0, 0.05) is 23.6 Å². The van der Waals surface area contributed by atoms with Gasteiger partial charge in [-0.2, -0.15) is 0 Å². The predicted molar refractivity (Wildman–Crippen MR) is 111 cm³/mol. The van der Waals surface area contributed by atoms with Gasteiger partial charge in [0.25, 0.3) is 0 Å². The fraction of sp³-hybridized carbons (Fsp3) is 0.304. The zero-order valence-corrected chi connectivity index (χ0v) is 16.9.